The van der Waals surface area contributed by atoms with Crippen molar-refractivity contribution in [3.63, 3.8) is 0 Å². The van der Waals surface area contributed by atoms with Crippen molar-refractivity contribution in [2.24, 2.45) is 0 Å². The van der Waals surface area contributed by atoms with Crippen LogP contribution in [0.25, 0.3) is 21.8 Å². The first-order valence-electron chi connectivity index (χ1n) is 23.1. The van der Waals surface area contributed by atoms with E-state index in [1.165, 1.54) is 16.7 Å². The fraction of sp³-hybridized carbons (Fsp3) is 0.451. The number of aromatic nitrogens is 2. The number of rotatable bonds is 12. The molecule has 5 aromatic rings. The standard InChI is InChI=1S/C35H44N4O6.C16H16N2O3/c1-23-5-9-27-28(33(41)36-25-7-8-25)21-32(40)38(29(27)19-23)16-15-37-13-11-26(12-14-37)39(34(42)45-35(2,3)4)22-24-6-10-30-31(20-24)44-18-17-43-30;1-10-2-5-12-13(16(21)17-11-3-4-11)9-15(20)18(6-7-19)14(12)8-10/h5-6,9-10,19-21,25-26H,7-8,11-18,22H2,1-4H3,(H,36,41);2,5,7-9,11H,3-4,6H2,1H3,(H,17,21). The minimum Gasteiger partial charge on any atom is -0.486 e. The Kier molecular flexibility index (Phi) is 13.6. The first-order valence-corrected chi connectivity index (χ1v) is 23.1. The zero-order chi connectivity index (χ0) is 46.7. The minimum absolute atomic E-state index is 0.0106. The molecule has 2 aliphatic heterocycles. The van der Waals surface area contributed by atoms with E-state index in [4.69, 9.17) is 14.2 Å². The largest absolute Gasteiger partial charge is 0.486 e. The van der Waals surface area contributed by atoms with Gasteiger partial charge in [0.2, 0.25) is 0 Å². The molecule has 0 bridgehead atoms. The van der Waals surface area contributed by atoms with E-state index in [-0.39, 0.29) is 53.7 Å². The van der Waals surface area contributed by atoms with Gasteiger partial charge >= 0.3 is 6.09 Å². The third kappa shape index (κ3) is 11.1. The number of fused-ring (bicyclic) bond motifs is 3. The molecule has 2 aromatic heterocycles. The Hall–Kier alpha value is -6.48. The summed E-state index contributed by atoms with van der Waals surface area (Å²) < 4.78 is 20.5. The maximum atomic E-state index is 13.4. The fourth-order valence-corrected chi connectivity index (χ4v) is 8.57. The van der Waals surface area contributed by atoms with Crippen molar-refractivity contribution < 1.29 is 33.4 Å². The van der Waals surface area contributed by atoms with E-state index >= 15 is 0 Å². The number of ether oxygens (including phenoxy) is 3. The molecule has 0 atom stereocenters. The fourth-order valence-electron chi connectivity index (χ4n) is 8.57. The number of hydrogen-bond acceptors (Lipinski definition) is 10. The predicted octanol–water partition coefficient (Wildman–Crippen LogP) is 6.28. The molecular weight excluding hydrogens is 841 g/mol. The maximum Gasteiger partial charge on any atom is 0.410 e. The van der Waals surface area contributed by atoms with Gasteiger partial charge in [-0.1, -0.05) is 30.3 Å². The summed E-state index contributed by atoms with van der Waals surface area (Å²) >= 11 is 0. The highest BCUT2D eigenvalue weighted by atomic mass is 16.6. The van der Waals surface area contributed by atoms with Crippen LogP contribution in [0.3, 0.4) is 0 Å². The Morgan fingerprint density at radius 1 is 0.712 bits per heavy atom. The number of nitrogens with zero attached hydrogens (tertiary/aromatic N) is 4. The van der Waals surface area contributed by atoms with Gasteiger partial charge in [0.05, 0.1) is 28.7 Å². The molecule has 3 aromatic carbocycles. The highest BCUT2D eigenvalue weighted by Gasteiger charge is 2.32. The highest BCUT2D eigenvalue weighted by molar-refractivity contribution is 6.07. The normalized spacial score (nSPS) is 16.3. The molecule has 2 N–H and O–H groups in total. The number of carbonyl (C=O) groups is 4. The maximum absolute atomic E-state index is 13.4. The van der Waals surface area contributed by atoms with E-state index in [0.29, 0.717) is 66.9 Å². The van der Waals surface area contributed by atoms with Gasteiger partial charge in [-0.2, -0.15) is 0 Å². The van der Waals surface area contributed by atoms with Crippen molar-refractivity contribution in [2.75, 3.05) is 32.8 Å². The van der Waals surface area contributed by atoms with E-state index in [9.17, 15) is 28.8 Å². The summed E-state index contributed by atoms with van der Waals surface area (Å²) in [5.41, 5.74) is 4.10. The second kappa shape index (κ2) is 19.5. The average Bonchev–Trinajstić information content (AvgIpc) is 4.24. The third-order valence-corrected chi connectivity index (χ3v) is 12.3. The lowest BCUT2D eigenvalue weighted by atomic mass is 10.0. The molecule has 2 aliphatic carbocycles. The number of carbonyl (C=O) groups excluding carboxylic acids is 4. The number of hydrogen-bond donors (Lipinski definition) is 2. The summed E-state index contributed by atoms with van der Waals surface area (Å²) in [6.07, 6.45) is 5.91. The molecule has 1 saturated heterocycles. The number of aryl methyl sites for hydroxylation is 2. The van der Waals surface area contributed by atoms with E-state index in [2.05, 4.69) is 15.5 Å². The lowest BCUT2D eigenvalue weighted by Gasteiger charge is -2.39. The van der Waals surface area contributed by atoms with Crippen molar-refractivity contribution in [1.82, 2.24) is 29.6 Å². The van der Waals surface area contributed by atoms with Gasteiger partial charge in [0.15, 0.2) is 11.5 Å². The van der Waals surface area contributed by atoms with Crippen LogP contribution in [0, 0.1) is 13.8 Å². The van der Waals surface area contributed by atoms with Crippen LogP contribution in [0.4, 0.5) is 4.79 Å². The smallest absolute Gasteiger partial charge is 0.410 e. The second-order valence-corrected chi connectivity index (χ2v) is 18.9. The van der Waals surface area contributed by atoms with Crippen LogP contribution in [-0.4, -0.2) is 99.7 Å². The monoisotopic (exact) mass is 900 g/mol. The lowest BCUT2D eigenvalue weighted by molar-refractivity contribution is -0.108. The molecule has 0 unspecified atom stereocenters. The van der Waals surface area contributed by atoms with Gasteiger partial charge in [-0.05, 0) is 114 Å². The zero-order valence-electron chi connectivity index (χ0n) is 38.5. The molecule has 0 radical (unpaired) electrons. The average molecular weight is 901 g/mol. The van der Waals surface area contributed by atoms with E-state index in [1.54, 1.807) is 4.57 Å². The van der Waals surface area contributed by atoms with Gasteiger partial charge in [-0.25, -0.2) is 4.79 Å². The van der Waals surface area contributed by atoms with Gasteiger partial charge < -0.3 is 48.6 Å². The van der Waals surface area contributed by atoms with Crippen molar-refractivity contribution in [3.05, 3.63) is 115 Å². The van der Waals surface area contributed by atoms with Crippen LogP contribution in [-0.2, 0) is 29.2 Å². The Labute approximate surface area is 384 Å². The van der Waals surface area contributed by atoms with Crippen LogP contribution in [0.1, 0.15) is 96.7 Å². The summed E-state index contributed by atoms with van der Waals surface area (Å²) in [5, 5.41) is 7.41. The van der Waals surface area contributed by atoms with E-state index < -0.39 is 5.60 Å². The lowest BCUT2D eigenvalue weighted by Crippen LogP contribution is -2.49. The van der Waals surface area contributed by atoms with Gasteiger partial charge in [0.25, 0.3) is 22.9 Å². The molecule has 4 heterocycles. The second-order valence-electron chi connectivity index (χ2n) is 18.9. The van der Waals surface area contributed by atoms with Crippen molar-refractivity contribution in [2.45, 2.75) is 117 Å². The molecule has 3 fully saturated rings. The van der Waals surface area contributed by atoms with Gasteiger partial charge in [0.1, 0.15) is 25.1 Å². The van der Waals surface area contributed by atoms with Crippen LogP contribution in [0.2, 0.25) is 0 Å². The number of benzene rings is 3. The van der Waals surface area contributed by atoms with Crippen molar-refractivity contribution in [1.29, 1.82) is 0 Å². The van der Waals surface area contributed by atoms with Crippen LogP contribution >= 0.6 is 0 Å². The summed E-state index contributed by atoms with van der Waals surface area (Å²) in [5.74, 6) is 1.03. The summed E-state index contributed by atoms with van der Waals surface area (Å²) in [7, 11) is 0. The van der Waals surface area contributed by atoms with Gasteiger partial charge in [-0.15, -0.1) is 0 Å². The zero-order valence-corrected chi connectivity index (χ0v) is 38.5. The molecule has 66 heavy (non-hydrogen) atoms. The number of amides is 3. The molecule has 0 spiro atoms. The topological polar surface area (TPSA) is 171 Å². The Morgan fingerprint density at radius 3 is 1.80 bits per heavy atom. The summed E-state index contributed by atoms with van der Waals surface area (Å²) in [6, 6.07) is 20.6. The Morgan fingerprint density at radius 2 is 1.26 bits per heavy atom. The van der Waals surface area contributed by atoms with Crippen molar-refractivity contribution >= 4 is 46.0 Å². The van der Waals surface area contributed by atoms with Crippen LogP contribution < -0.4 is 31.2 Å². The molecular formula is C51H60N6O9. The molecule has 15 heteroatoms. The predicted molar refractivity (Wildman–Crippen MR) is 252 cm³/mol. The molecule has 348 valence electrons. The van der Waals surface area contributed by atoms with Crippen molar-refractivity contribution in [3.8, 4) is 11.5 Å². The third-order valence-electron chi connectivity index (χ3n) is 12.3. The Bertz CT molecular complexity index is 2780. The SMILES string of the molecule is Cc1ccc2c(C(=O)NC3CC3)cc(=O)n(CC=O)c2c1.Cc1ccc2c(C(=O)NC3CC3)cc(=O)n(CCN3CCC(N(Cc4ccc5c(c4)OCCO5)C(=O)OC(C)(C)C)CC3)c2c1. The number of pyridine rings is 2. The van der Waals surface area contributed by atoms with E-state index in [0.717, 1.165) is 85.0 Å². The van der Waals surface area contributed by atoms with Crippen LogP contribution in [0.15, 0.2) is 76.3 Å². The molecule has 9 rings (SSSR count). The first-order chi connectivity index (χ1) is 31.6. The van der Waals surface area contributed by atoms with Crippen LogP contribution in [0.5, 0.6) is 11.5 Å². The molecule has 4 aliphatic rings. The van der Waals surface area contributed by atoms with E-state index in [1.807, 2.05) is 94.1 Å². The summed E-state index contributed by atoms with van der Waals surface area (Å²) in [6.45, 7) is 13.8. The quantitative estimate of drug-likeness (QED) is 0.136. The highest BCUT2D eigenvalue weighted by Crippen LogP contribution is 2.32. The molecule has 2 saturated carbocycles. The number of aldehydes is 1. The minimum atomic E-state index is -0.606. The molecule has 3 amide bonds. The number of piperidine rings is 1. The summed E-state index contributed by atoms with van der Waals surface area (Å²) in [4.78, 5) is 79.2. The number of likely N-dealkylation sites (tertiary alicyclic amines) is 1. The van der Waals surface area contributed by atoms with Gasteiger partial charge in [-0.3, -0.25) is 19.2 Å². The molecule has 15 nitrogen and oxygen atoms in total. The van der Waals surface area contributed by atoms with Gasteiger partial charge in [0, 0.05) is 73.8 Å². The first kappa shape index (κ1) is 46.1. The Balaban J connectivity index is 0.000000235. The number of nitrogens with one attached hydrogen (secondary N) is 2.